The topological polar surface area (TPSA) is 130 Å². The van der Waals surface area contributed by atoms with Crippen LogP contribution < -0.4 is 4.18 Å². The molecule has 3 rings (SSSR count). The molecule has 0 radical (unpaired) electrons. The van der Waals surface area contributed by atoms with Crippen molar-refractivity contribution in [1.29, 1.82) is 0 Å². The molecule has 0 bridgehead atoms. The van der Waals surface area contributed by atoms with Crippen LogP contribution in [0.1, 0.15) is 44.1 Å². The number of hydrogen-bond donors (Lipinski definition) is 0. The fraction of sp³-hybridized carbons (Fsp3) is 0.292. The third kappa shape index (κ3) is 7.03. The van der Waals surface area contributed by atoms with Crippen molar-refractivity contribution in [2.24, 2.45) is 0 Å². The minimum Gasteiger partial charge on any atom is -0.381 e. The van der Waals surface area contributed by atoms with Crippen LogP contribution in [0.5, 0.6) is 5.75 Å². The van der Waals surface area contributed by atoms with Crippen molar-refractivity contribution in [3.8, 4) is 5.75 Å². The van der Waals surface area contributed by atoms with Crippen LogP contribution in [-0.2, 0) is 10.1 Å². The van der Waals surface area contributed by atoms with Gasteiger partial charge in [-0.25, -0.2) is 0 Å². The Balaban J connectivity index is 1.66. The summed E-state index contributed by atoms with van der Waals surface area (Å²) in [6, 6.07) is 15.2. The molecule has 0 aliphatic carbocycles. The third-order valence-electron chi connectivity index (χ3n) is 5.57. The summed E-state index contributed by atoms with van der Waals surface area (Å²) in [5, 5.41) is 22.8. The van der Waals surface area contributed by atoms with E-state index in [1.165, 1.54) is 36.4 Å². The molecule has 3 aromatic rings. The maximum Gasteiger partial charge on any atom is 0.313 e. The van der Waals surface area contributed by atoms with Crippen molar-refractivity contribution >= 4 is 49.3 Å². The molecular weight excluding hydrogens is 492 g/mol. The Morgan fingerprint density at radius 3 is 2.26 bits per heavy atom. The monoisotopic (exact) mass is 516 g/mol. The van der Waals surface area contributed by atoms with Gasteiger partial charge in [0, 0.05) is 34.5 Å². The summed E-state index contributed by atoms with van der Waals surface area (Å²) >= 11 is 5.34. The fourth-order valence-corrected chi connectivity index (χ4v) is 5.46. The normalized spacial score (nSPS) is 12.3. The zero-order chi connectivity index (χ0) is 25.6. The predicted molar refractivity (Wildman–Crippen MR) is 138 cm³/mol. The molecule has 11 heteroatoms. The number of nitrogens with zero attached hydrogens (tertiary/aromatic N) is 2. The molecule has 0 spiro atoms. The highest BCUT2D eigenvalue weighted by molar-refractivity contribution is 7.90. The van der Waals surface area contributed by atoms with E-state index >= 15 is 0 Å². The minimum absolute atomic E-state index is 0.0193. The molecule has 0 N–H and O–H groups in total. The zero-order valence-corrected chi connectivity index (χ0v) is 20.6. The maximum atomic E-state index is 12.7. The van der Waals surface area contributed by atoms with E-state index in [1.807, 2.05) is 6.92 Å². The Kier molecular flexibility index (Phi) is 8.47. The molecule has 0 fully saturated rings. The van der Waals surface area contributed by atoms with Gasteiger partial charge in [-0.05, 0) is 48.3 Å². The quantitative estimate of drug-likeness (QED) is 0.122. The summed E-state index contributed by atoms with van der Waals surface area (Å²) < 4.78 is 30.7. The second kappa shape index (κ2) is 11.3. The average molecular weight is 517 g/mol. The van der Waals surface area contributed by atoms with Crippen LogP contribution in [0.25, 0.3) is 10.8 Å². The molecule has 1 atom stereocenters. The second-order valence-electron chi connectivity index (χ2n) is 8.12. The number of benzene rings is 3. The standard InChI is InChI=1S/C24H24N2O7S2/c1-2-4-17(18-7-10-20(11-8-18)25(27)28)9-13-22(34)16-35(31,32)33-24-6-3-5-19-15-21(26(29)30)12-14-23(19)24/h3,5-8,10-12,14-15,17H,2,4,9,13,16H2,1H3. The highest BCUT2D eigenvalue weighted by Gasteiger charge is 2.20. The van der Waals surface area contributed by atoms with Crippen molar-refractivity contribution in [2.45, 2.75) is 38.5 Å². The first-order chi connectivity index (χ1) is 16.6. The summed E-state index contributed by atoms with van der Waals surface area (Å²) in [5.41, 5.74) is 0.864. The van der Waals surface area contributed by atoms with Gasteiger partial charge in [-0.1, -0.05) is 49.8 Å². The lowest BCUT2D eigenvalue weighted by Crippen LogP contribution is -2.20. The van der Waals surface area contributed by atoms with Gasteiger partial charge in [0.1, 0.15) is 11.5 Å². The number of nitro benzene ring substituents is 2. The van der Waals surface area contributed by atoms with E-state index in [9.17, 15) is 28.6 Å². The maximum absolute atomic E-state index is 12.7. The molecule has 3 aromatic carbocycles. The highest BCUT2D eigenvalue weighted by atomic mass is 32.2. The number of non-ortho nitro benzene ring substituents is 2. The first kappa shape index (κ1) is 26.2. The second-order valence-corrected chi connectivity index (χ2v) is 10.3. The third-order valence-corrected chi connectivity index (χ3v) is 7.24. The van der Waals surface area contributed by atoms with E-state index in [2.05, 4.69) is 0 Å². The fourth-order valence-electron chi connectivity index (χ4n) is 3.89. The smallest absolute Gasteiger partial charge is 0.313 e. The summed E-state index contributed by atoms with van der Waals surface area (Å²) in [7, 11) is -4.04. The number of rotatable bonds is 12. The lowest BCUT2D eigenvalue weighted by molar-refractivity contribution is -0.385. The molecule has 9 nitrogen and oxygen atoms in total. The number of fused-ring (bicyclic) bond motifs is 1. The number of nitro groups is 2. The molecule has 0 aliphatic heterocycles. The number of hydrogen-bond acceptors (Lipinski definition) is 8. The first-order valence-corrected chi connectivity index (χ1v) is 12.9. The van der Waals surface area contributed by atoms with E-state index in [1.54, 1.807) is 24.3 Å². The van der Waals surface area contributed by atoms with Crippen LogP contribution in [0.3, 0.4) is 0 Å². The Hall–Kier alpha value is -3.44. The first-order valence-electron chi connectivity index (χ1n) is 10.9. The van der Waals surface area contributed by atoms with Gasteiger partial charge in [-0.2, -0.15) is 8.42 Å². The largest absolute Gasteiger partial charge is 0.381 e. The molecule has 0 aromatic heterocycles. The lowest BCUT2D eigenvalue weighted by Gasteiger charge is -2.17. The molecule has 184 valence electrons. The van der Waals surface area contributed by atoms with E-state index in [0.29, 0.717) is 28.5 Å². The number of thiocarbonyl (C=S) groups is 1. The Morgan fingerprint density at radius 2 is 1.63 bits per heavy atom. The predicted octanol–water partition coefficient (Wildman–Crippen LogP) is 6.10. The lowest BCUT2D eigenvalue weighted by atomic mass is 9.89. The van der Waals surface area contributed by atoms with Crippen molar-refractivity contribution in [3.63, 3.8) is 0 Å². The van der Waals surface area contributed by atoms with Gasteiger partial charge < -0.3 is 4.18 Å². The van der Waals surface area contributed by atoms with Crippen molar-refractivity contribution < 1.29 is 22.4 Å². The van der Waals surface area contributed by atoms with Gasteiger partial charge in [-0.15, -0.1) is 0 Å². The Morgan fingerprint density at radius 1 is 0.971 bits per heavy atom. The molecule has 0 amide bonds. The van der Waals surface area contributed by atoms with E-state index in [0.717, 1.165) is 18.4 Å². The van der Waals surface area contributed by atoms with Crippen LogP contribution in [-0.4, -0.2) is 28.9 Å². The van der Waals surface area contributed by atoms with Crippen LogP contribution >= 0.6 is 12.2 Å². The van der Waals surface area contributed by atoms with Crippen molar-refractivity contribution in [1.82, 2.24) is 0 Å². The van der Waals surface area contributed by atoms with Crippen molar-refractivity contribution in [2.75, 3.05) is 5.75 Å². The minimum atomic E-state index is -4.04. The summed E-state index contributed by atoms with van der Waals surface area (Å²) in [4.78, 5) is 21.2. The van der Waals surface area contributed by atoms with E-state index in [4.69, 9.17) is 16.4 Å². The van der Waals surface area contributed by atoms with Crippen LogP contribution in [0, 0.1) is 20.2 Å². The van der Waals surface area contributed by atoms with Gasteiger partial charge in [-0.3, -0.25) is 20.2 Å². The van der Waals surface area contributed by atoms with Crippen LogP contribution in [0.2, 0.25) is 0 Å². The van der Waals surface area contributed by atoms with Crippen LogP contribution in [0.4, 0.5) is 11.4 Å². The SMILES string of the molecule is CCCC(CCC(=S)CS(=O)(=O)Oc1cccc2cc([N+](=O)[O-])ccc12)c1ccc([N+](=O)[O-])cc1. The Labute approximate surface area is 208 Å². The summed E-state index contributed by atoms with van der Waals surface area (Å²) in [6.07, 6.45) is 2.72. The van der Waals surface area contributed by atoms with Gasteiger partial charge in [0.05, 0.1) is 9.85 Å². The molecule has 1 unspecified atom stereocenters. The molecular formula is C24H24N2O7S2. The molecule has 0 saturated heterocycles. The molecule has 0 saturated carbocycles. The summed E-state index contributed by atoms with van der Waals surface area (Å²) in [6.45, 7) is 2.04. The van der Waals surface area contributed by atoms with Crippen LogP contribution in [0.15, 0.2) is 60.7 Å². The molecule has 35 heavy (non-hydrogen) atoms. The van der Waals surface area contributed by atoms with Crippen molar-refractivity contribution in [3.05, 3.63) is 86.5 Å². The summed E-state index contributed by atoms with van der Waals surface area (Å²) in [5.74, 6) is -0.267. The van der Waals surface area contributed by atoms with Gasteiger partial charge in [0.25, 0.3) is 11.4 Å². The van der Waals surface area contributed by atoms with E-state index in [-0.39, 0.29) is 23.0 Å². The molecule has 0 heterocycles. The van der Waals surface area contributed by atoms with Gasteiger partial charge >= 0.3 is 10.1 Å². The highest BCUT2D eigenvalue weighted by Crippen LogP contribution is 2.31. The zero-order valence-electron chi connectivity index (χ0n) is 19.0. The van der Waals surface area contributed by atoms with Gasteiger partial charge in [0.15, 0.2) is 0 Å². The van der Waals surface area contributed by atoms with E-state index < -0.39 is 25.7 Å². The average Bonchev–Trinajstić information content (AvgIpc) is 2.81. The molecule has 0 aliphatic rings. The van der Waals surface area contributed by atoms with Gasteiger partial charge in [0.2, 0.25) is 0 Å². The Bertz CT molecular complexity index is 1360.